The minimum atomic E-state index is 0.684. The molecule has 0 unspecified atom stereocenters. The lowest BCUT2D eigenvalue weighted by Gasteiger charge is -1.99. The van der Waals surface area contributed by atoms with Gasteiger partial charge in [0.2, 0.25) is 0 Å². The van der Waals surface area contributed by atoms with Crippen LogP contribution in [-0.4, -0.2) is 22.2 Å². The Morgan fingerprint density at radius 2 is 2.29 bits per heavy atom. The predicted molar refractivity (Wildman–Crippen MR) is 57.1 cm³/mol. The van der Waals surface area contributed by atoms with Gasteiger partial charge in [0.25, 0.3) is 0 Å². The molecule has 0 radical (unpaired) electrons. The van der Waals surface area contributed by atoms with Gasteiger partial charge < -0.3 is 0 Å². The van der Waals surface area contributed by atoms with Crippen LogP contribution in [0.25, 0.3) is 5.52 Å². The van der Waals surface area contributed by atoms with Crippen molar-refractivity contribution in [3.05, 3.63) is 29.5 Å². The van der Waals surface area contributed by atoms with Crippen LogP contribution in [-0.2, 0) is 0 Å². The van der Waals surface area contributed by atoms with Crippen LogP contribution in [0.15, 0.2) is 23.2 Å². The molecule has 2 rings (SSSR count). The quantitative estimate of drug-likeness (QED) is 0.558. The third kappa shape index (κ3) is 1.32. The van der Waals surface area contributed by atoms with Crippen molar-refractivity contribution in [1.29, 1.82) is 0 Å². The van der Waals surface area contributed by atoms with E-state index in [1.807, 2.05) is 31.4 Å². The fourth-order valence-corrected chi connectivity index (χ4v) is 1.79. The van der Waals surface area contributed by atoms with Crippen LogP contribution in [0.3, 0.4) is 0 Å². The molecule has 2 aromatic heterocycles. The van der Waals surface area contributed by atoms with Crippen LogP contribution < -0.4 is 0 Å². The van der Waals surface area contributed by atoms with E-state index in [9.17, 15) is 4.79 Å². The zero-order chi connectivity index (χ0) is 10.1. The van der Waals surface area contributed by atoms with Crippen molar-refractivity contribution in [1.82, 2.24) is 9.61 Å². The van der Waals surface area contributed by atoms with Gasteiger partial charge in [-0.15, -0.1) is 11.8 Å². The third-order valence-electron chi connectivity index (χ3n) is 2.16. The van der Waals surface area contributed by atoms with Crippen molar-refractivity contribution in [2.75, 3.05) is 6.26 Å². The van der Waals surface area contributed by atoms with E-state index in [1.165, 1.54) is 0 Å². The first-order valence-corrected chi connectivity index (χ1v) is 5.47. The molecule has 0 aromatic carbocycles. The maximum absolute atomic E-state index is 10.8. The second-order valence-electron chi connectivity index (χ2n) is 3.03. The normalized spacial score (nSPS) is 10.7. The minimum Gasteiger partial charge on any atom is -0.298 e. The molecule has 2 aromatic rings. The van der Waals surface area contributed by atoms with Crippen LogP contribution in [0.2, 0.25) is 0 Å². The smallest absolute Gasteiger partial charge is 0.152 e. The number of fused-ring (bicyclic) bond motifs is 1. The minimum absolute atomic E-state index is 0.684. The van der Waals surface area contributed by atoms with Crippen LogP contribution in [0, 0.1) is 6.92 Å². The average molecular weight is 206 g/mol. The van der Waals surface area contributed by atoms with E-state index in [1.54, 1.807) is 16.3 Å². The van der Waals surface area contributed by atoms with Gasteiger partial charge in [-0.1, -0.05) is 0 Å². The summed E-state index contributed by atoms with van der Waals surface area (Å²) in [4.78, 5) is 10.8. The summed E-state index contributed by atoms with van der Waals surface area (Å²) in [6, 6.07) is 5.65. The van der Waals surface area contributed by atoms with E-state index in [2.05, 4.69) is 5.10 Å². The monoisotopic (exact) mass is 206 g/mol. The number of thioether (sulfide) groups is 1. The van der Waals surface area contributed by atoms with Gasteiger partial charge in [0.05, 0.1) is 5.52 Å². The van der Waals surface area contributed by atoms with Crippen molar-refractivity contribution in [3.63, 3.8) is 0 Å². The first-order valence-electron chi connectivity index (χ1n) is 4.25. The number of nitrogens with zero attached hydrogens (tertiary/aromatic N) is 2. The SMILES string of the molecule is CSc1cc2c(C=O)ccc(C)n2n1. The zero-order valence-electron chi connectivity index (χ0n) is 8.02. The van der Waals surface area contributed by atoms with Crippen molar-refractivity contribution in [2.24, 2.45) is 0 Å². The number of rotatable bonds is 2. The molecule has 0 aliphatic carbocycles. The Bertz CT molecular complexity index is 490. The van der Waals surface area contributed by atoms with Crippen molar-refractivity contribution < 1.29 is 4.79 Å². The summed E-state index contributed by atoms with van der Waals surface area (Å²) >= 11 is 1.57. The molecular formula is C10H10N2OS. The highest BCUT2D eigenvalue weighted by atomic mass is 32.2. The third-order valence-corrected chi connectivity index (χ3v) is 2.77. The van der Waals surface area contributed by atoms with E-state index >= 15 is 0 Å². The van der Waals surface area contributed by atoms with Crippen LogP contribution in [0.1, 0.15) is 16.1 Å². The Kier molecular flexibility index (Phi) is 2.29. The Labute approximate surface area is 86.1 Å². The summed E-state index contributed by atoms with van der Waals surface area (Å²) < 4.78 is 1.80. The number of hydrogen-bond donors (Lipinski definition) is 0. The molecule has 0 N–H and O–H groups in total. The van der Waals surface area contributed by atoms with Crippen molar-refractivity contribution >= 4 is 23.6 Å². The van der Waals surface area contributed by atoms with Gasteiger partial charge >= 0.3 is 0 Å². The number of aldehydes is 1. The highest BCUT2D eigenvalue weighted by Gasteiger charge is 2.06. The summed E-state index contributed by atoms with van der Waals surface area (Å²) in [6.07, 6.45) is 2.83. The highest BCUT2D eigenvalue weighted by molar-refractivity contribution is 7.98. The maximum atomic E-state index is 10.8. The molecule has 72 valence electrons. The molecule has 0 fully saturated rings. The molecule has 0 amide bonds. The molecule has 4 heteroatoms. The van der Waals surface area contributed by atoms with E-state index in [-0.39, 0.29) is 0 Å². The number of pyridine rings is 1. The summed E-state index contributed by atoms with van der Waals surface area (Å²) in [5.41, 5.74) is 2.60. The number of carbonyl (C=O) groups is 1. The molecule has 0 saturated heterocycles. The molecule has 3 nitrogen and oxygen atoms in total. The predicted octanol–water partition coefficient (Wildman–Crippen LogP) is 2.18. The molecule has 0 atom stereocenters. The molecule has 14 heavy (non-hydrogen) atoms. The first kappa shape index (κ1) is 9.27. The standard InChI is InChI=1S/C10H10N2OS/c1-7-3-4-8(6-13)9-5-10(14-2)11-12(7)9/h3-6H,1-2H3. The average Bonchev–Trinajstić information content (AvgIpc) is 2.63. The Balaban J connectivity index is 2.81. The molecule has 0 bridgehead atoms. The van der Waals surface area contributed by atoms with E-state index in [0.29, 0.717) is 5.56 Å². The highest BCUT2D eigenvalue weighted by Crippen LogP contribution is 2.19. The lowest BCUT2D eigenvalue weighted by molar-refractivity contribution is 0.112. The van der Waals surface area contributed by atoms with Gasteiger partial charge in [0, 0.05) is 11.3 Å². The Hall–Kier alpha value is -1.29. The first-order chi connectivity index (χ1) is 6.76. The van der Waals surface area contributed by atoms with Crippen molar-refractivity contribution in [2.45, 2.75) is 11.9 Å². The van der Waals surface area contributed by atoms with Gasteiger partial charge in [0.15, 0.2) is 6.29 Å². The van der Waals surface area contributed by atoms with Crippen molar-refractivity contribution in [3.8, 4) is 0 Å². The van der Waals surface area contributed by atoms with Gasteiger partial charge in [-0.25, -0.2) is 4.52 Å². The lowest BCUT2D eigenvalue weighted by Crippen LogP contribution is -1.95. The number of carbonyl (C=O) groups excluding carboxylic acids is 1. The molecule has 0 aliphatic rings. The zero-order valence-corrected chi connectivity index (χ0v) is 8.84. The Morgan fingerprint density at radius 1 is 1.50 bits per heavy atom. The fourth-order valence-electron chi connectivity index (χ4n) is 1.40. The summed E-state index contributed by atoms with van der Waals surface area (Å²) in [5, 5.41) is 5.29. The van der Waals surface area contributed by atoms with Gasteiger partial charge in [-0.3, -0.25) is 4.79 Å². The molecule has 0 spiro atoms. The van der Waals surface area contributed by atoms with Gasteiger partial charge in [0.1, 0.15) is 5.03 Å². The molecule has 2 heterocycles. The van der Waals surface area contributed by atoms with Gasteiger partial charge in [-0.05, 0) is 31.4 Å². The fraction of sp³-hybridized carbons (Fsp3) is 0.200. The summed E-state index contributed by atoms with van der Waals surface area (Å²) in [6.45, 7) is 1.97. The van der Waals surface area contributed by atoms with Crippen LogP contribution in [0.5, 0.6) is 0 Å². The number of aryl methyl sites for hydroxylation is 1. The van der Waals surface area contributed by atoms with Gasteiger partial charge in [-0.2, -0.15) is 5.10 Å². The second kappa shape index (κ2) is 3.46. The Morgan fingerprint density at radius 3 is 2.93 bits per heavy atom. The summed E-state index contributed by atoms with van der Waals surface area (Å²) in [5.74, 6) is 0. The van der Waals surface area contributed by atoms with Crippen LogP contribution in [0.4, 0.5) is 0 Å². The molecular weight excluding hydrogens is 196 g/mol. The lowest BCUT2D eigenvalue weighted by atomic mass is 10.2. The molecule has 0 saturated carbocycles. The topological polar surface area (TPSA) is 34.4 Å². The number of aromatic nitrogens is 2. The second-order valence-corrected chi connectivity index (χ2v) is 3.86. The number of hydrogen-bond acceptors (Lipinski definition) is 3. The van der Waals surface area contributed by atoms with E-state index in [0.717, 1.165) is 22.5 Å². The largest absolute Gasteiger partial charge is 0.298 e. The van der Waals surface area contributed by atoms with Crippen LogP contribution >= 0.6 is 11.8 Å². The maximum Gasteiger partial charge on any atom is 0.152 e. The van der Waals surface area contributed by atoms with E-state index in [4.69, 9.17) is 0 Å². The van der Waals surface area contributed by atoms with E-state index < -0.39 is 0 Å². The summed E-state index contributed by atoms with van der Waals surface area (Å²) in [7, 11) is 0. The molecule has 0 aliphatic heterocycles.